The van der Waals surface area contributed by atoms with Crippen LogP contribution in [0.4, 0.5) is 5.82 Å². The molecule has 11 nitrogen and oxygen atoms in total. The van der Waals surface area contributed by atoms with Gasteiger partial charge in [-0.25, -0.2) is 14.5 Å². The number of carbonyl (C=O) groups is 1. The van der Waals surface area contributed by atoms with E-state index >= 15 is 0 Å². The Morgan fingerprint density at radius 1 is 1.15 bits per heavy atom. The Labute approximate surface area is 238 Å². The molecule has 5 N–H and O–H groups in total. The van der Waals surface area contributed by atoms with Crippen LogP contribution in [0.15, 0.2) is 49.1 Å². The van der Waals surface area contributed by atoms with Gasteiger partial charge in [0.15, 0.2) is 5.82 Å². The summed E-state index contributed by atoms with van der Waals surface area (Å²) in [6.07, 6.45) is 4.63. The molecule has 0 aliphatic rings. The second kappa shape index (κ2) is 13.3. The summed E-state index contributed by atoms with van der Waals surface area (Å²) < 4.78 is 24.0. The van der Waals surface area contributed by atoms with Crippen LogP contribution in [0.3, 0.4) is 0 Å². The molecule has 4 aromatic rings. The molecule has 2 aromatic heterocycles. The average molecular weight is 582 g/mol. The van der Waals surface area contributed by atoms with Crippen molar-refractivity contribution in [2.24, 2.45) is 0 Å². The lowest BCUT2D eigenvalue weighted by molar-refractivity contribution is -0.116. The number of aromatic nitrogens is 3. The van der Waals surface area contributed by atoms with E-state index in [0.717, 1.165) is 52.6 Å². The van der Waals surface area contributed by atoms with Gasteiger partial charge in [0, 0.05) is 24.9 Å². The number of ether oxygens (including phenoxy) is 1. The number of anilines is 1. The number of nitrogens with zero attached hydrogens (tertiary/aromatic N) is 3. The lowest BCUT2D eigenvalue weighted by Gasteiger charge is -2.14. The minimum absolute atomic E-state index is 0.137. The molecule has 2 aromatic carbocycles. The van der Waals surface area contributed by atoms with Crippen LogP contribution in [0.5, 0.6) is 5.75 Å². The molecule has 2 heterocycles. The SMILES string of the molecule is C=CC(=O)NCCOCCc1ccc2nc(N)c3nc(CCCC)n(Cc4ccc(OP(=O)(O)O)c(C)c4)c3c2c1. The molecule has 1 amide bonds. The maximum absolute atomic E-state index is 11.3. The topological polar surface area (TPSA) is 162 Å². The van der Waals surface area contributed by atoms with Crippen LogP contribution in [0, 0.1) is 6.92 Å². The minimum atomic E-state index is -4.66. The molecule has 0 radical (unpaired) electrons. The summed E-state index contributed by atoms with van der Waals surface area (Å²) in [6, 6.07) is 11.3. The average Bonchev–Trinajstić information content (AvgIpc) is 3.29. The molecule has 4 rings (SSSR count). The van der Waals surface area contributed by atoms with Gasteiger partial charge in [-0.1, -0.05) is 38.1 Å². The Morgan fingerprint density at radius 3 is 2.63 bits per heavy atom. The smallest absolute Gasteiger partial charge is 0.404 e. The number of unbranched alkanes of at least 4 members (excludes halogenated alkanes) is 1. The first kappa shape index (κ1) is 30.2. The second-order valence-electron chi connectivity index (χ2n) is 9.80. The van der Waals surface area contributed by atoms with Gasteiger partial charge >= 0.3 is 7.82 Å². The van der Waals surface area contributed by atoms with Crippen molar-refractivity contribution in [1.82, 2.24) is 19.9 Å². The van der Waals surface area contributed by atoms with E-state index in [-0.39, 0.29) is 11.7 Å². The largest absolute Gasteiger partial charge is 0.524 e. The van der Waals surface area contributed by atoms with Crippen molar-refractivity contribution in [3.8, 4) is 5.75 Å². The number of nitrogen functional groups attached to an aromatic ring is 1. The number of rotatable bonds is 14. The third-order valence-electron chi connectivity index (χ3n) is 6.66. The molecular weight excluding hydrogens is 545 g/mol. The number of fused-ring (bicyclic) bond motifs is 3. The van der Waals surface area contributed by atoms with Crippen LogP contribution in [0.25, 0.3) is 21.9 Å². The van der Waals surface area contributed by atoms with Crippen LogP contribution in [-0.2, 0) is 33.5 Å². The van der Waals surface area contributed by atoms with Gasteiger partial charge in [-0.2, -0.15) is 0 Å². The van der Waals surface area contributed by atoms with Crippen molar-refractivity contribution in [2.45, 2.75) is 46.1 Å². The van der Waals surface area contributed by atoms with Crippen molar-refractivity contribution in [3.05, 3.63) is 71.6 Å². The number of phosphoric ester groups is 1. The fraction of sp³-hybridized carbons (Fsp3) is 0.345. The zero-order valence-electron chi connectivity index (χ0n) is 23.3. The number of benzene rings is 2. The number of nitrogens with two attached hydrogens (primary N) is 1. The monoisotopic (exact) mass is 581 g/mol. The Morgan fingerprint density at radius 2 is 1.93 bits per heavy atom. The van der Waals surface area contributed by atoms with Crippen molar-refractivity contribution in [2.75, 3.05) is 25.5 Å². The number of aryl methyl sites for hydroxylation is 2. The number of phosphoric acid groups is 1. The van der Waals surface area contributed by atoms with Crippen LogP contribution in [0.2, 0.25) is 0 Å². The summed E-state index contributed by atoms with van der Waals surface area (Å²) in [5.41, 5.74) is 11.3. The van der Waals surface area contributed by atoms with Gasteiger partial charge in [-0.05, 0) is 60.7 Å². The molecule has 0 aliphatic heterocycles. The molecule has 0 saturated heterocycles. The van der Waals surface area contributed by atoms with Gasteiger partial charge in [0.2, 0.25) is 5.91 Å². The zero-order chi connectivity index (χ0) is 29.6. The first-order chi connectivity index (χ1) is 19.6. The lowest BCUT2D eigenvalue weighted by Crippen LogP contribution is -2.25. The summed E-state index contributed by atoms with van der Waals surface area (Å²) in [6.45, 7) is 9.09. The predicted molar refractivity (Wildman–Crippen MR) is 159 cm³/mol. The molecule has 41 heavy (non-hydrogen) atoms. The van der Waals surface area contributed by atoms with E-state index < -0.39 is 7.82 Å². The molecular formula is C29H36N5O6P. The van der Waals surface area contributed by atoms with Crippen LogP contribution < -0.4 is 15.6 Å². The van der Waals surface area contributed by atoms with Crippen molar-refractivity contribution < 1.29 is 28.4 Å². The first-order valence-electron chi connectivity index (χ1n) is 13.5. The predicted octanol–water partition coefficient (Wildman–Crippen LogP) is 4.20. The summed E-state index contributed by atoms with van der Waals surface area (Å²) in [4.78, 5) is 39.2. The number of pyridine rings is 1. The van der Waals surface area contributed by atoms with Gasteiger partial charge in [0.1, 0.15) is 17.1 Å². The van der Waals surface area contributed by atoms with Gasteiger partial charge in [0.25, 0.3) is 0 Å². The molecule has 0 saturated carbocycles. The molecule has 0 unspecified atom stereocenters. The number of nitrogens with one attached hydrogen (secondary N) is 1. The van der Waals surface area contributed by atoms with Gasteiger partial charge in [0.05, 0.1) is 24.2 Å². The third-order valence-corrected chi connectivity index (χ3v) is 7.10. The number of carbonyl (C=O) groups excluding carboxylic acids is 1. The number of imidazole rings is 1. The second-order valence-corrected chi connectivity index (χ2v) is 11.0. The highest BCUT2D eigenvalue weighted by atomic mass is 31.2. The molecule has 0 aliphatic carbocycles. The molecule has 0 fully saturated rings. The highest BCUT2D eigenvalue weighted by Gasteiger charge is 2.20. The maximum atomic E-state index is 11.3. The molecule has 218 valence electrons. The van der Waals surface area contributed by atoms with E-state index in [2.05, 4.69) is 34.4 Å². The van der Waals surface area contributed by atoms with E-state index in [1.165, 1.54) is 6.08 Å². The van der Waals surface area contributed by atoms with Crippen molar-refractivity contribution in [3.63, 3.8) is 0 Å². The molecule has 0 atom stereocenters. The standard InChI is InChI=1S/C29H36N5O6P/c1-4-6-7-25-33-27-28(34(25)18-21-9-11-24(19(3)16-21)40-41(36,37)38)22-17-20(8-10-23(22)32-29(27)30)12-14-39-15-13-31-26(35)5-2/h5,8-11,16-17H,2,4,6-7,12-15,18H2,1,3H3,(H2,30,32)(H,31,35)(H2,36,37,38). The van der Waals surface area contributed by atoms with Crippen LogP contribution >= 0.6 is 7.82 Å². The van der Waals surface area contributed by atoms with Gasteiger partial charge in [-0.3, -0.25) is 14.6 Å². The van der Waals surface area contributed by atoms with Crippen molar-refractivity contribution >= 4 is 41.5 Å². The lowest BCUT2D eigenvalue weighted by atomic mass is 10.1. The summed E-state index contributed by atoms with van der Waals surface area (Å²) >= 11 is 0. The van der Waals surface area contributed by atoms with E-state index in [9.17, 15) is 19.1 Å². The highest BCUT2D eigenvalue weighted by Crippen LogP contribution is 2.39. The van der Waals surface area contributed by atoms with Crippen LogP contribution in [-0.4, -0.2) is 50.0 Å². The Kier molecular flexibility index (Phi) is 9.77. The highest BCUT2D eigenvalue weighted by molar-refractivity contribution is 7.46. The van der Waals surface area contributed by atoms with E-state index in [1.54, 1.807) is 19.1 Å². The summed E-state index contributed by atoms with van der Waals surface area (Å²) in [5, 5.41) is 3.62. The minimum Gasteiger partial charge on any atom is -0.404 e. The van der Waals surface area contributed by atoms with Gasteiger partial charge in [-0.15, -0.1) is 0 Å². The Balaban J connectivity index is 1.67. The Bertz CT molecular complexity index is 1610. The first-order valence-corrected chi connectivity index (χ1v) is 15.0. The van der Waals surface area contributed by atoms with E-state index in [0.29, 0.717) is 49.6 Å². The Hall–Kier alpha value is -3.76. The van der Waals surface area contributed by atoms with Crippen LogP contribution in [0.1, 0.15) is 42.3 Å². The maximum Gasteiger partial charge on any atom is 0.524 e. The number of hydrogen-bond acceptors (Lipinski definition) is 7. The molecule has 0 bridgehead atoms. The quantitative estimate of drug-likeness (QED) is 0.0971. The molecule has 0 spiro atoms. The summed E-state index contributed by atoms with van der Waals surface area (Å²) in [5.74, 6) is 1.17. The van der Waals surface area contributed by atoms with Gasteiger partial charge < -0.3 is 24.9 Å². The number of amides is 1. The fourth-order valence-electron chi connectivity index (χ4n) is 4.69. The number of hydrogen-bond donors (Lipinski definition) is 4. The van der Waals surface area contributed by atoms with Crippen molar-refractivity contribution in [1.29, 1.82) is 0 Å². The fourth-order valence-corrected chi connectivity index (χ4v) is 5.15. The van der Waals surface area contributed by atoms with E-state index in [4.69, 9.17) is 20.0 Å². The molecule has 12 heteroatoms. The van der Waals surface area contributed by atoms with E-state index in [1.807, 2.05) is 18.2 Å². The normalized spacial score (nSPS) is 11.7. The summed E-state index contributed by atoms with van der Waals surface area (Å²) in [7, 11) is -4.66. The zero-order valence-corrected chi connectivity index (χ0v) is 24.2. The third kappa shape index (κ3) is 7.71.